The third-order valence-corrected chi connectivity index (χ3v) is 2.03. The molecule has 0 radical (unpaired) electrons. The molecule has 0 unspecified atom stereocenters. The van der Waals surface area contributed by atoms with Crippen LogP contribution in [-0.4, -0.2) is 25.1 Å². The van der Waals surface area contributed by atoms with E-state index in [9.17, 15) is 4.79 Å². The van der Waals surface area contributed by atoms with Crippen molar-refractivity contribution in [2.75, 3.05) is 13.2 Å². The van der Waals surface area contributed by atoms with Crippen LogP contribution in [0.5, 0.6) is 0 Å². The Bertz CT molecular complexity index is 413. The number of nitrogens with zero attached hydrogens (tertiary/aromatic N) is 1. The van der Waals surface area contributed by atoms with E-state index < -0.39 is 0 Å². The molecule has 0 saturated heterocycles. The summed E-state index contributed by atoms with van der Waals surface area (Å²) in [5, 5.41) is 0. The molecule has 4 nitrogen and oxygen atoms in total. The molecule has 0 aliphatic rings. The maximum atomic E-state index is 11.7. The summed E-state index contributed by atoms with van der Waals surface area (Å²) < 4.78 is 10.2. The zero-order valence-corrected chi connectivity index (χ0v) is 10.4. The van der Waals surface area contributed by atoms with Crippen LogP contribution in [0.1, 0.15) is 31.1 Å². The Morgan fingerprint density at radius 2 is 1.82 bits per heavy atom. The van der Waals surface area contributed by atoms with E-state index in [4.69, 9.17) is 9.47 Å². The van der Waals surface area contributed by atoms with Crippen LogP contribution in [0.25, 0.3) is 0 Å². The number of benzene rings is 1. The molecular weight excluding hydrogens is 218 g/mol. The summed E-state index contributed by atoms with van der Waals surface area (Å²) in [5.41, 5.74) is 1.02. The summed E-state index contributed by atoms with van der Waals surface area (Å²) in [7, 11) is 0. The van der Waals surface area contributed by atoms with Crippen LogP contribution < -0.4 is 0 Å². The highest BCUT2D eigenvalue weighted by Gasteiger charge is 2.11. The fraction of sp³-hybridized carbons (Fsp3) is 0.385. The molecule has 0 aromatic heterocycles. The van der Waals surface area contributed by atoms with E-state index >= 15 is 0 Å². The van der Waals surface area contributed by atoms with Crippen molar-refractivity contribution in [3.8, 4) is 0 Å². The summed E-state index contributed by atoms with van der Waals surface area (Å²) in [6, 6.07) is 7.05. The molecule has 0 spiro atoms. The van der Waals surface area contributed by atoms with Crippen molar-refractivity contribution < 1.29 is 14.3 Å². The first-order chi connectivity index (χ1) is 8.19. The summed E-state index contributed by atoms with van der Waals surface area (Å²) in [5.74, 6) is 0.167. The predicted octanol–water partition coefficient (Wildman–Crippen LogP) is 2.95. The standard InChI is InChI=1S/C13H17NO3/c1-4-16-10(3)14-12-9-7-6-8-11(12)13(15)17-5-2/h6-9H,4-5H2,1-3H3. The third kappa shape index (κ3) is 3.90. The van der Waals surface area contributed by atoms with Gasteiger partial charge in [-0.15, -0.1) is 0 Å². The molecule has 17 heavy (non-hydrogen) atoms. The Hall–Kier alpha value is -1.84. The van der Waals surface area contributed by atoms with Gasteiger partial charge in [-0.05, 0) is 26.0 Å². The first-order valence-electron chi connectivity index (χ1n) is 5.63. The van der Waals surface area contributed by atoms with Crippen molar-refractivity contribution in [2.24, 2.45) is 4.99 Å². The zero-order chi connectivity index (χ0) is 12.7. The largest absolute Gasteiger partial charge is 0.481 e. The Morgan fingerprint density at radius 1 is 1.18 bits per heavy atom. The van der Waals surface area contributed by atoms with Crippen LogP contribution in [0.3, 0.4) is 0 Å². The molecule has 1 aromatic rings. The van der Waals surface area contributed by atoms with Crippen molar-refractivity contribution in [2.45, 2.75) is 20.8 Å². The highest BCUT2D eigenvalue weighted by molar-refractivity contribution is 5.96. The lowest BCUT2D eigenvalue weighted by Gasteiger charge is -2.06. The molecule has 0 saturated carbocycles. The third-order valence-electron chi connectivity index (χ3n) is 2.03. The average molecular weight is 235 g/mol. The van der Waals surface area contributed by atoms with Crippen LogP contribution in [0, 0.1) is 0 Å². The second kappa shape index (κ2) is 6.68. The minimum Gasteiger partial charge on any atom is -0.481 e. The van der Waals surface area contributed by atoms with Crippen molar-refractivity contribution in [3.05, 3.63) is 29.8 Å². The van der Waals surface area contributed by atoms with E-state index in [1.165, 1.54) is 0 Å². The summed E-state index contributed by atoms with van der Waals surface area (Å²) >= 11 is 0. The van der Waals surface area contributed by atoms with Gasteiger partial charge in [0.15, 0.2) is 5.90 Å². The van der Waals surface area contributed by atoms with Gasteiger partial charge in [-0.2, -0.15) is 0 Å². The van der Waals surface area contributed by atoms with Gasteiger partial charge < -0.3 is 9.47 Å². The monoisotopic (exact) mass is 235 g/mol. The van der Waals surface area contributed by atoms with Crippen molar-refractivity contribution >= 4 is 17.6 Å². The highest BCUT2D eigenvalue weighted by atomic mass is 16.5. The average Bonchev–Trinajstić information content (AvgIpc) is 2.30. The number of hydrogen-bond acceptors (Lipinski definition) is 4. The predicted molar refractivity (Wildman–Crippen MR) is 66.8 cm³/mol. The van der Waals surface area contributed by atoms with Crippen LogP contribution in [-0.2, 0) is 9.47 Å². The van der Waals surface area contributed by atoms with E-state index in [1.54, 1.807) is 32.0 Å². The molecule has 1 rings (SSSR count). The van der Waals surface area contributed by atoms with Gasteiger partial charge in [-0.25, -0.2) is 9.79 Å². The number of rotatable bonds is 4. The number of esters is 1. The second-order valence-corrected chi connectivity index (χ2v) is 3.30. The summed E-state index contributed by atoms with van der Waals surface area (Å²) in [6.45, 7) is 6.31. The quantitative estimate of drug-likeness (QED) is 0.458. The van der Waals surface area contributed by atoms with Gasteiger partial charge in [-0.3, -0.25) is 0 Å². The Labute approximate surface area is 101 Å². The van der Waals surface area contributed by atoms with Crippen molar-refractivity contribution in [3.63, 3.8) is 0 Å². The Balaban J connectivity index is 2.99. The fourth-order valence-corrected chi connectivity index (χ4v) is 1.36. The maximum absolute atomic E-state index is 11.7. The van der Waals surface area contributed by atoms with Gasteiger partial charge >= 0.3 is 5.97 Å². The van der Waals surface area contributed by atoms with E-state index in [0.29, 0.717) is 30.4 Å². The molecule has 0 fully saturated rings. The molecular formula is C13H17NO3. The number of carbonyl (C=O) groups is 1. The molecule has 0 heterocycles. The van der Waals surface area contributed by atoms with Gasteiger partial charge in [0.25, 0.3) is 0 Å². The highest BCUT2D eigenvalue weighted by Crippen LogP contribution is 2.20. The van der Waals surface area contributed by atoms with Crippen molar-refractivity contribution in [1.82, 2.24) is 0 Å². The van der Waals surface area contributed by atoms with Gasteiger partial charge in [-0.1, -0.05) is 12.1 Å². The van der Waals surface area contributed by atoms with E-state index in [0.717, 1.165) is 0 Å². The minimum atomic E-state index is -0.365. The van der Waals surface area contributed by atoms with Gasteiger partial charge in [0, 0.05) is 6.92 Å². The minimum absolute atomic E-state index is 0.349. The zero-order valence-electron chi connectivity index (χ0n) is 10.4. The molecule has 0 amide bonds. The molecule has 4 heteroatoms. The van der Waals surface area contributed by atoms with Crippen molar-refractivity contribution in [1.29, 1.82) is 0 Å². The van der Waals surface area contributed by atoms with E-state index in [1.807, 2.05) is 13.0 Å². The van der Waals surface area contributed by atoms with Crippen LogP contribution >= 0.6 is 0 Å². The normalized spacial score (nSPS) is 11.1. The number of para-hydroxylation sites is 1. The lowest BCUT2D eigenvalue weighted by molar-refractivity contribution is 0.0527. The number of carbonyl (C=O) groups excluding carboxylic acids is 1. The van der Waals surface area contributed by atoms with Crippen LogP contribution in [0.4, 0.5) is 5.69 Å². The second-order valence-electron chi connectivity index (χ2n) is 3.30. The molecule has 0 bridgehead atoms. The lowest BCUT2D eigenvalue weighted by atomic mass is 10.2. The Kier molecular flexibility index (Phi) is 5.20. The molecule has 0 aliphatic heterocycles. The van der Waals surface area contributed by atoms with Gasteiger partial charge in [0.05, 0.1) is 24.5 Å². The maximum Gasteiger partial charge on any atom is 0.340 e. The Morgan fingerprint density at radius 3 is 2.47 bits per heavy atom. The molecule has 92 valence electrons. The SMILES string of the molecule is CCOC(=O)c1ccccc1N=C(C)OCC. The number of aliphatic imine (C=N–C) groups is 1. The van der Waals surface area contributed by atoms with Gasteiger partial charge in [0.2, 0.25) is 0 Å². The van der Waals surface area contributed by atoms with E-state index in [-0.39, 0.29) is 5.97 Å². The number of ether oxygens (including phenoxy) is 2. The molecule has 0 aliphatic carbocycles. The lowest BCUT2D eigenvalue weighted by Crippen LogP contribution is -2.05. The summed E-state index contributed by atoms with van der Waals surface area (Å²) in [4.78, 5) is 15.9. The topological polar surface area (TPSA) is 47.9 Å². The summed E-state index contributed by atoms with van der Waals surface area (Å²) in [6.07, 6.45) is 0. The first-order valence-corrected chi connectivity index (χ1v) is 5.63. The fourth-order valence-electron chi connectivity index (χ4n) is 1.36. The van der Waals surface area contributed by atoms with E-state index in [2.05, 4.69) is 4.99 Å². The number of hydrogen-bond donors (Lipinski definition) is 0. The first kappa shape index (κ1) is 13.2. The molecule has 0 atom stereocenters. The van der Waals surface area contributed by atoms with Crippen LogP contribution in [0.15, 0.2) is 29.3 Å². The molecule has 1 aromatic carbocycles. The van der Waals surface area contributed by atoms with Gasteiger partial charge in [0.1, 0.15) is 0 Å². The smallest absolute Gasteiger partial charge is 0.340 e. The molecule has 0 N–H and O–H groups in total. The van der Waals surface area contributed by atoms with Crippen LogP contribution in [0.2, 0.25) is 0 Å².